The van der Waals surface area contributed by atoms with Crippen LogP contribution < -0.4 is 10.1 Å². The van der Waals surface area contributed by atoms with Gasteiger partial charge in [-0.1, -0.05) is 55.5 Å². The zero-order chi connectivity index (χ0) is 23.5. The molecular weight excluding hydrogens is 414 g/mol. The zero-order valence-electron chi connectivity index (χ0n) is 19.2. The van der Waals surface area contributed by atoms with Crippen molar-refractivity contribution in [1.29, 1.82) is 0 Å². The molecule has 0 aliphatic rings. The van der Waals surface area contributed by atoms with Gasteiger partial charge in [-0.3, -0.25) is 14.6 Å². The Bertz CT molecular complexity index is 1010. The number of nitrogens with zero attached hydrogens (tertiary/aromatic N) is 2. The Morgan fingerprint density at radius 1 is 0.970 bits per heavy atom. The Labute approximate surface area is 195 Å². The highest BCUT2D eigenvalue weighted by molar-refractivity contribution is 5.88. The predicted molar refractivity (Wildman–Crippen MR) is 128 cm³/mol. The third-order valence-corrected chi connectivity index (χ3v) is 5.42. The third kappa shape index (κ3) is 7.17. The maximum atomic E-state index is 13.4. The molecule has 0 aliphatic carbocycles. The van der Waals surface area contributed by atoms with Crippen LogP contribution in [0.4, 0.5) is 0 Å². The van der Waals surface area contributed by atoms with Crippen LogP contribution in [0.15, 0.2) is 79.0 Å². The summed E-state index contributed by atoms with van der Waals surface area (Å²) in [6, 6.07) is 22.3. The first-order chi connectivity index (χ1) is 16.1. The molecule has 1 heterocycles. The first-order valence-corrected chi connectivity index (χ1v) is 11.2. The summed E-state index contributed by atoms with van der Waals surface area (Å²) in [6.07, 6.45) is 3.23. The van der Waals surface area contributed by atoms with Gasteiger partial charge in [-0.25, -0.2) is 0 Å². The number of ether oxygens (including phenoxy) is 1. The van der Waals surface area contributed by atoms with E-state index in [4.69, 9.17) is 4.74 Å². The van der Waals surface area contributed by atoms with Crippen molar-refractivity contribution < 1.29 is 14.3 Å². The first kappa shape index (κ1) is 24.0. The summed E-state index contributed by atoms with van der Waals surface area (Å²) >= 11 is 0. The monoisotopic (exact) mass is 445 g/mol. The van der Waals surface area contributed by atoms with Gasteiger partial charge in [0.05, 0.1) is 19.3 Å². The molecule has 1 unspecified atom stereocenters. The maximum absolute atomic E-state index is 13.4. The second kappa shape index (κ2) is 12.4. The molecule has 0 spiro atoms. The van der Waals surface area contributed by atoms with Crippen LogP contribution in [-0.4, -0.2) is 34.8 Å². The number of carbonyl (C=O) groups is 2. The van der Waals surface area contributed by atoms with Crippen molar-refractivity contribution in [2.75, 3.05) is 7.11 Å². The summed E-state index contributed by atoms with van der Waals surface area (Å²) in [4.78, 5) is 32.6. The molecule has 0 radical (unpaired) electrons. The summed E-state index contributed by atoms with van der Waals surface area (Å²) in [5.74, 6) is 0.517. The molecule has 1 N–H and O–H groups in total. The lowest BCUT2D eigenvalue weighted by molar-refractivity contribution is -0.141. The fraction of sp³-hybridized carbons (Fsp3) is 0.296. The topological polar surface area (TPSA) is 71.5 Å². The standard InChI is InChI=1S/C27H31N3O3/c1-3-9-26(31)30(20-22-13-15-24(33-2)16-14-22)25(18-21-10-5-4-6-11-21)27(32)29-19-23-12-7-8-17-28-23/h4-8,10-17,25H,3,9,18-20H2,1-2H3,(H,29,32). The van der Waals surface area contributed by atoms with E-state index in [0.29, 0.717) is 32.4 Å². The van der Waals surface area contributed by atoms with Gasteiger partial charge in [0, 0.05) is 25.6 Å². The molecule has 1 atom stereocenters. The minimum Gasteiger partial charge on any atom is -0.497 e. The lowest BCUT2D eigenvalue weighted by Gasteiger charge is -2.31. The minimum absolute atomic E-state index is 0.0396. The lowest BCUT2D eigenvalue weighted by Crippen LogP contribution is -2.50. The van der Waals surface area contributed by atoms with Crippen molar-refractivity contribution in [2.24, 2.45) is 0 Å². The normalized spacial score (nSPS) is 11.5. The molecular formula is C27H31N3O3. The summed E-state index contributed by atoms with van der Waals surface area (Å²) in [5, 5.41) is 2.99. The summed E-state index contributed by atoms with van der Waals surface area (Å²) < 4.78 is 5.25. The molecule has 33 heavy (non-hydrogen) atoms. The van der Waals surface area contributed by atoms with E-state index in [1.165, 1.54) is 0 Å². The van der Waals surface area contributed by atoms with Crippen LogP contribution in [0.1, 0.15) is 36.6 Å². The highest BCUT2D eigenvalue weighted by atomic mass is 16.5. The molecule has 2 amide bonds. The van der Waals surface area contributed by atoms with E-state index in [1.807, 2.05) is 79.7 Å². The van der Waals surface area contributed by atoms with Crippen molar-refractivity contribution in [3.63, 3.8) is 0 Å². The number of hydrogen-bond donors (Lipinski definition) is 1. The molecule has 0 bridgehead atoms. The fourth-order valence-electron chi connectivity index (χ4n) is 3.64. The Morgan fingerprint density at radius 2 is 1.70 bits per heavy atom. The number of benzene rings is 2. The van der Waals surface area contributed by atoms with Gasteiger partial charge in [0.1, 0.15) is 11.8 Å². The molecule has 0 saturated heterocycles. The van der Waals surface area contributed by atoms with E-state index in [2.05, 4.69) is 10.3 Å². The number of amides is 2. The second-order valence-corrected chi connectivity index (χ2v) is 7.86. The quantitative estimate of drug-likeness (QED) is 0.481. The van der Waals surface area contributed by atoms with Crippen molar-refractivity contribution in [2.45, 2.75) is 45.3 Å². The predicted octanol–water partition coefficient (Wildman–Crippen LogP) is 4.15. The molecule has 3 aromatic rings. The highest BCUT2D eigenvalue weighted by Crippen LogP contribution is 2.18. The van der Waals surface area contributed by atoms with Crippen LogP contribution in [0, 0.1) is 0 Å². The molecule has 3 rings (SSSR count). The van der Waals surface area contributed by atoms with Gasteiger partial charge in [-0.15, -0.1) is 0 Å². The Kier molecular flexibility index (Phi) is 9.00. The molecule has 6 heteroatoms. The lowest BCUT2D eigenvalue weighted by atomic mass is 10.0. The molecule has 6 nitrogen and oxygen atoms in total. The molecule has 2 aromatic carbocycles. The van der Waals surface area contributed by atoms with E-state index in [0.717, 1.165) is 22.6 Å². The van der Waals surface area contributed by atoms with Gasteiger partial charge >= 0.3 is 0 Å². The van der Waals surface area contributed by atoms with Crippen LogP contribution >= 0.6 is 0 Å². The van der Waals surface area contributed by atoms with E-state index in [9.17, 15) is 9.59 Å². The van der Waals surface area contributed by atoms with Gasteiger partial charge in [0.25, 0.3) is 0 Å². The van der Waals surface area contributed by atoms with Crippen molar-refractivity contribution in [3.8, 4) is 5.75 Å². The van der Waals surface area contributed by atoms with E-state index >= 15 is 0 Å². The Hall–Kier alpha value is -3.67. The van der Waals surface area contributed by atoms with E-state index in [-0.39, 0.29) is 11.8 Å². The van der Waals surface area contributed by atoms with Crippen LogP contribution in [0.3, 0.4) is 0 Å². The van der Waals surface area contributed by atoms with Crippen LogP contribution in [0.5, 0.6) is 5.75 Å². The van der Waals surface area contributed by atoms with Gasteiger partial charge in [0.2, 0.25) is 11.8 Å². The number of pyridine rings is 1. The molecule has 0 aliphatic heterocycles. The molecule has 0 fully saturated rings. The summed E-state index contributed by atoms with van der Waals surface area (Å²) in [6.45, 7) is 2.62. The number of carbonyl (C=O) groups excluding carboxylic acids is 2. The van der Waals surface area contributed by atoms with Crippen molar-refractivity contribution in [3.05, 3.63) is 95.8 Å². The van der Waals surface area contributed by atoms with Crippen LogP contribution in [0.2, 0.25) is 0 Å². The number of aromatic nitrogens is 1. The average molecular weight is 446 g/mol. The largest absolute Gasteiger partial charge is 0.497 e. The van der Waals surface area contributed by atoms with Crippen molar-refractivity contribution in [1.82, 2.24) is 15.2 Å². The smallest absolute Gasteiger partial charge is 0.243 e. The number of methoxy groups -OCH3 is 1. The van der Waals surface area contributed by atoms with E-state index in [1.54, 1.807) is 18.2 Å². The third-order valence-electron chi connectivity index (χ3n) is 5.42. The average Bonchev–Trinajstić information content (AvgIpc) is 2.86. The SMILES string of the molecule is CCCC(=O)N(Cc1ccc(OC)cc1)C(Cc1ccccc1)C(=O)NCc1ccccn1. The van der Waals surface area contributed by atoms with Gasteiger partial charge < -0.3 is 15.0 Å². The zero-order valence-corrected chi connectivity index (χ0v) is 19.2. The van der Waals surface area contributed by atoms with Gasteiger partial charge in [-0.05, 0) is 41.8 Å². The molecule has 172 valence electrons. The number of rotatable bonds is 11. The number of nitrogens with one attached hydrogen (secondary N) is 1. The molecule has 1 aromatic heterocycles. The van der Waals surface area contributed by atoms with Crippen LogP contribution in [0.25, 0.3) is 0 Å². The summed E-state index contributed by atoms with van der Waals surface area (Å²) in [7, 11) is 1.62. The minimum atomic E-state index is -0.641. The van der Waals surface area contributed by atoms with Gasteiger partial charge in [-0.2, -0.15) is 0 Å². The Morgan fingerprint density at radius 3 is 2.33 bits per heavy atom. The van der Waals surface area contributed by atoms with Gasteiger partial charge in [0.15, 0.2) is 0 Å². The van der Waals surface area contributed by atoms with Crippen molar-refractivity contribution >= 4 is 11.8 Å². The molecule has 0 saturated carbocycles. The summed E-state index contributed by atoms with van der Waals surface area (Å²) in [5.41, 5.74) is 2.71. The number of hydrogen-bond acceptors (Lipinski definition) is 4. The van der Waals surface area contributed by atoms with Crippen LogP contribution in [-0.2, 0) is 29.1 Å². The van der Waals surface area contributed by atoms with E-state index < -0.39 is 6.04 Å². The fourth-order valence-corrected chi connectivity index (χ4v) is 3.64. The highest BCUT2D eigenvalue weighted by Gasteiger charge is 2.29. The second-order valence-electron chi connectivity index (χ2n) is 7.86. The first-order valence-electron chi connectivity index (χ1n) is 11.2. The Balaban J connectivity index is 1.87. The maximum Gasteiger partial charge on any atom is 0.243 e.